The van der Waals surface area contributed by atoms with E-state index in [1.807, 2.05) is 6.92 Å². The van der Waals surface area contributed by atoms with Gasteiger partial charge >= 0.3 is 12.2 Å². The highest BCUT2D eigenvalue weighted by Crippen LogP contribution is 1.96. The van der Waals surface area contributed by atoms with Crippen LogP contribution in [0.25, 0.3) is 0 Å². The average molecular weight is 215 g/mol. The Morgan fingerprint density at radius 1 is 1.40 bits per heavy atom. The molecule has 0 aromatic carbocycles. The number of alkyl carbamates (subject to hydrolysis) is 1. The maximum Gasteiger partial charge on any atom is 0.418 e. The van der Waals surface area contributed by atoms with Gasteiger partial charge in [-0.15, -0.1) is 0 Å². The van der Waals surface area contributed by atoms with E-state index >= 15 is 0 Å². The largest absolute Gasteiger partial charge is 0.418 e. The Morgan fingerprint density at radius 2 is 2.07 bits per heavy atom. The first-order chi connectivity index (χ1) is 7.24. The second-order valence-electron chi connectivity index (χ2n) is 3.32. The number of amides is 2. The number of piperazine rings is 1. The van der Waals surface area contributed by atoms with E-state index in [0.717, 1.165) is 19.5 Å². The first-order valence-electron chi connectivity index (χ1n) is 5.19. The molecule has 2 amide bonds. The highest BCUT2D eigenvalue weighted by molar-refractivity contribution is 5.83. The van der Waals surface area contributed by atoms with Crippen LogP contribution >= 0.6 is 0 Å². The van der Waals surface area contributed by atoms with Crippen LogP contribution in [0.4, 0.5) is 9.59 Å². The van der Waals surface area contributed by atoms with Crippen LogP contribution in [0.2, 0.25) is 0 Å². The summed E-state index contributed by atoms with van der Waals surface area (Å²) in [4.78, 5) is 24.0. The fourth-order valence-electron chi connectivity index (χ4n) is 1.25. The van der Waals surface area contributed by atoms with Gasteiger partial charge in [-0.05, 0) is 6.42 Å². The summed E-state index contributed by atoms with van der Waals surface area (Å²) in [5, 5.41) is 5.59. The van der Waals surface area contributed by atoms with Crippen LogP contribution in [-0.2, 0) is 4.74 Å². The summed E-state index contributed by atoms with van der Waals surface area (Å²) in [7, 11) is 0. The third kappa shape index (κ3) is 4.16. The second kappa shape index (κ2) is 6.23. The topological polar surface area (TPSA) is 70.7 Å². The van der Waals surface area contributed by atoms with Crippen molar-refractivity contribution in [2.75, 3.05) is 32.7 Å². The molecule has 2 N–H and O–H groups in total. The molecule has 1 rings (SSSR count). The van der Waals surface area contributed by atoms with E-state index in [-0.39, 0.29) is 0 Å². The van der Waals surface area contributed by atoms with E-state index < -0.39 is 12.2 Å². The van der Waals surface area contributed by atoms with Crippen LogP contribution in [0.1, 0.15) is 13.3 Å². The molecular formula is C9H17N3O3. The highest BCUT2D eigenvalue weighted by atomic mass is 16.6. The fourth-order valence-corrected chi connectivity index (χ4v) is 1.25. The van der Waals surface area contributed by atoms with Crippen molar-refractivity contribution in [3.05, 3.63) is 0 Å². The molecule has 0 atom stereocenters. The standard InChI is InChI=1S/C9H17N3O3/c1-2-3-11-8(13)15-9(14)12-6-4-10-5-7-12/h10H,2-7H2,1H3,(H,11,13). The van der Waals surface area contributed by atoms with Gasteiger partial charge in [0.1, 0.15) is 0 Å². The van der Waals surface area contributed by atoms with Gasteiger partial charge in [-0.1, -0.05) is 6.92 Å². The third-order valence-corrected chi connectivity index (χ3v) is 2.07. The summed E-state index contributed by atoms with van der Waals surface area (Å²) in [6, 6.07) is 0. The second-order valence-corrected chi connectivity index (χ2v) is 3.32. The van der Waals surface area contributed by atoms with Crippen molar-refractivity contribution < 1.29 is 14.3 Å². The molecule has 0 radical (unpaired) electrons. The molecule has 86 valence electrons. The van der Waals surface area contributed by atoms with Crippen molar-refractivity contribution in [3.63, 3.8) is 0 Å². The van der Waals surface area contributed by atoms with Gasteiger partial charge in [0.25, 0.3) is 0 Å². The summed E-state index contributed by atoms with van der Waals surface area (Å²) in [5.74, 6) is 0. The molecule has 6 nitrogen and oxygen atoms in total. The molecule has 1 fully saturated rings. The molecule has 1 aliphatic heterocycles. The van der Waals surface area contributed by atoms with Crippen LogP contribution in [0, 0.1) is 0 Å². The summed E-state index contributed by atoms with van der Waals surface area (Å²) in [6.45, 7) is 5.10. The molecule has 6 heteroatoms. The molecule has 0 saturated carbocycles. The van der Waals surface area contributed by atoms with E-state index in [1.165, 1.54) is 4.90 Å². The number of hydrogen-bond acceptors (Lipinski definition) is 4. The SMILES string of the molecule is CCCNC(=O)OC(=O)N1CCNCC1. The van der Waals surface area contributed by atoms with E-state index in [9.17, 15) is 9.59 Å². The fraction of sp³-hybridized carbons (Fsp3) is 0.778. The summed E-state index contributed by atoms with van der Waals surface area (Å²) in [6.07, 6.45) is -0.415. The Hall–Kier alpha value is -1.30. The van der Waals surface area contributed by atoms with Crippen LogP contribution in [0.3, 0.4) is 0 Å². The van der Waals surface area contributed by atoms with Crippen molar-refractivity contribution in [2.45, 2.75) is 13.3 Å². The molecule has 1 saturated heterocycles. The minimum absolute atomic E-state index is 0.521. The summed E-state index contributed by atoms with van der Waals surface area (Å²) >= 11 is 0. The molecule has 0 unspecified atom stereocenters. The van der Waals surface area contributed by atoms with Gasteiger partial charge in [0, 0.05) is 32.7 Å². The van der Waals surface area contributed by atoms with E-state index in [4.69, 9.17) is 0 Å². The first-order valence-corrected chi connectivity index (χ1v) is 5.19. The van der Waals surface area contributed by atoms with Crippen molar-refractivity contribution in [1.82, 2.24) is 15.5 Å². The maximum absolute atomic E-state index is 11.4. The predicted molar refractivity (Wildman–Crippen MR) is 54.6 cm³/mol. The quantitative estimate of drug-likeness (QED) is 0.643. The molecule has 0 aromatic heterocycles. The maximum atomic E-state index is 11.4. The van der Waals surface area contributed by atoms with Gasteiger partial charge in [-0.2, -0.15) is 0 Å². The lowest BCUT2D eigenvalue weighted by molar-refractivity contribution is 0.113. The third-order valence-electron chi connectivity index (χ3n) is 2.07. The normalized spacial score (nSPS) is 15.9. The molecule has 1 heterocycles. The molecule has 0 spiro atoms. The Morgan fingerprint density at radius 3 is 2.67 bits per heavy atom. The van der Waals surface area contributed by atoms with Crippen molar-refractivity contribution in [3.8, 4) is 0 Å². The van der Waals surface area contributed by atoms with Gasteiger partial charge in [-0.3, -0.25) is 0 Å². The zero-order valence-electron chi connectivity index (χ0n) is 8.91. The first kappa shape index (κ1) is 11.8. The molecular weight excluding hydrogens is 198 g/mol. The molecule has 15 heavy (non-hydrogen) atoms. The Bertz CT molecular complexity index is 227. The van der Waals surface area contributed by atoms with Gasteiger partial charge in [0.2, 0.25) is 0 Å². The van der Waals surface area contributed by atoms with Crippen molar-refractivity contribution in [1.29, 1.82) is 0 Å². The zero-order valence-corrected chi connectivity index (χ0v) is 8.91. The Balaban J connectivity index is 2.24. The van der Waals surface area contributed by atoms with E-state index in [1.54, 1.807) is 0 Å². The number of hydrogen-bond donors (Lipinski definition) is 2. The Kier molecular flexibility index (Phi) is 4.89. The lowest BCUT2D eigenvalue weighted by Gasteiger charge is -2.25. The smallest absolute Gasteiger partial charge is 0.359 e. The van der Waals surface area contributed by atoms with E-state index in [2.05, 4.69) is 15.4 Å². The minimum Gasteiger partial charge on any atom is -0.359 e. The number of nitrogens with one attached hydrogen (secondary N) is 2. The van der Waals surface area contributed by atoms with Crippen molar-refractivity contribution >= 4 is 12.2 Å². The predicted octanol–water partition coefficient (Wildman–Crippen LogP) is 0.148. The highest BCUT2D eigenvalue weighted by Gasteiger charge is 2.19. The van der Waals surface area contributed by atoms with Gasteiger partial charge < -0.3 is 20.3 Å². The Labute approximate surface area is 88.9 Å². The lowest BCUT2D eigenvalue weighted by Crippen LogP contribution is -2.47. The minimum atomic E-state index is -0.666. The average Bonchev–Trinajstić information content (AvgIpc) is 2.27. The molecule has 1 aliphatic rings. The number of carbonyl (C=O) groups is 2. The zero-order chi connectivity index (χ0) is 11.1. The number of ether oxygens (including phenoxy) is 1. The van der Waals surface area contributed by atoms with Crippen molar-refractivity contribution in [2.24, 2.45) is 0 Å². The number of carbonyl (C=O) groups excluding carboxylic acids is 2. The lowest BCUT2D eigenvalue weighted by atomic mass is 10.4. The summed E-state index contributed by atoms with van der Waals surface area (Å²) in [5.41, 5.74) is 0. The number of rotatable bonds is 2. The molecule has 0 aromatic rings. The summed E-state index contributed by atoms with van der Waals surface area (Å²) < 4.78 is 4.60. The van der Waals surface area contributed by atoms with Crippen LogP contribution in [0.15, 0.2) is 0 Å². The van der Waals surface area contributed by atoms with Gasteiger partial charge in [0.15, 0.2) is 0 Å². The van der Waals surface area contributed by atoms with Crippen LogP contribution in [0.5, 0.6) is 0 Å². The molecule has 0 bridgehead atoms. The van der Waals surface area contributed by atoms with Crippen LogP contribution in [-0.4, -0.2) is 49.8 Å². The van der Waals surface area contributed by atoms with Gasteiger partial charge in [0.05, 0.1) is 0 Å². The van der Waals surface area contributed by atoms with Crippen LogP contribution < -0.4 is 10.6 Å². The molecule has 0 aliphatic carbocycles. The number of nitrogens with zero attached hydrogens (tertiary/aromatic N) is 1. The van der Waals surface area contributed by atoms with E-state index in [0.29, 0.717) is 19.6 Å². The van der Waals surface area contributed by atoms with Gasteiger partial charge in [-0.25, -0.2) is 9.59 Å². The monoisotopic (exact) mass is 215 g/mol.